The first-order chi connectivity index (χ1) is 21.6. The number of benzene rings is 3. The summed E-state index contributed by atoms with van der Waals surface area (Å²) < 4.78 is 12.3. The van der Waals surface area contributed by atoms with E-state index in [0.717, 1.165) is 101 Å². The van der Waals surface area contributed by atoms with Crippen molar-refractivity contribution in [1.82, 2.24) is 9.97 Å². The molecule has 44 heavy (non-hydrogen) atoms. The molecule has 0 amide bonds. The van der Waals surface area contributed by atoms with Gasteiger partial charge in [-0.05, 0) is 80.6 Å². The largest absolute Gasteiger partial charge is 0.493 e. The molecular weight excluding hydrogens is 544 g/mol. The van der Waals surface area contributed by atoms with Crippen molar-refractivity contribution in [2.75, 3.05) is 23.7 Å². The summed E-state index contributed by atoms with van der Waals surface area (Å²) in [6, 6.07) is 31.0. The fraction of sp³-hybridized carbons (Fsp3) is 0.263. The maximum absolute atomic E-state index is 6.18. The molecule has 6 nitrogen and oxygen atoms in total. The van der Waals surface area contributed by atoms with Crippen LogP contribution < -0.4 is 15.4 Å². The van der Waals surface area contributed by atoms with Crippen LogP contribution in [0.15, 0.2) is 96.8 Å². The fourth-order valence-electron chi connectivity index (χ4n) is 5.59. The van der Waals surface area contributed by atoms with E-state index >= 15 is 0 Å². The SMILES string of the molecule is Cc1cc(NCCCCNc2cc(C)nc3ccc(OCc4ccccc4)cc23)c2c(n1)CCC(OCc1ccccc1)=C2. The van der Waals surface area contributed by atoms with Gasteiger partial charge in [0.15, 0.2) is 0 Å². The highest BCUT2D eigenvalue weighted by Crippen LogP contribution is 2.31. The van der Waals surface area contributed by atoms with Gasteiger partial charge in [-0.1, -0.05) is 60.7 Å². The van der Waals surface area contributed by atoms with Crippen LogP contribution >= 0.6 is 0 Å². The molecule has 0 radical (unpaired) electrons. The summed E-state index contributed by atoms with van der Waals surface area (Å²) in [6.07, 6.45) is 6.03. The monoisotopic (exact) mass is 584 g/mol. The number of aryl methyl sites for hydroxylation is 3. The molecule has 0 fully saturated rings. The van der Waals surface area contributed by atoms with E-state index in [2.05, 4.69) is 66.1 Å². The summed E-state index contributed by atoms with van der Waals surface area (Å²) in [7, 11) is 0. The number of nitrogens with one attached hydrogen (secondary N) is 2. The van der Waals surface area contributed by atoms with E-state index in [9.17, 15) is 0 Å². The van der Waals surface area contributed by atoms with Gasteiger partial charge in [0.05, 0.1) is 17.0 Å². The molecule has 0 atom stereocenters. The predicted molar refractivity (Wildman–Crippen MR) is 180 cm³/mol. The first kappa shape index (κ1) is 29.2. The number of allylic oxidation sites excluding steroid dienone is 1. The van der Waals surface area contributed by atoms with Crippen LogP contribution in [0.3, 0.4) is 0 Å². The van der Waals surface area contributed by atoms with Crippen molar-refractivity contribution in [3.05, 3.63) is 131 Å². The van der Waals surface area contributed by atoms with Crippen LogP contribution in [-0.2, 0) is 24.4 Å². The lowest BCUT2D eigenvalue weighted by Gasteiger charge is -2.21. The van der Waals surface area contributed by atoms with E-state index < -0.39 is 0 Å². The summed E-state index contributed by atoms with van der Waals surface area (Å²) in [5, 5.41) is 8.43. The van der Waals surface area contributed by atoms with Gasteiger partial charge in [0.2, 0.25) is 0 Å². The Hall–Kier alpha value is -4.84. The van der Waals surface area contributed by atoms with Crippen LogP contribution in [0.1, 0.15) is 53.0 Å². The van der Waals surface area contributed by atoms with Crippen LogP contribution in [0.25, 0.3) is 17.0 Å². The maximum Gasteiger partial charge on any atom is 0.120 e. The van der Waals surface area contributed by atoms with Crippen molar-refractivity contribution in [2.45, 2.75) is 52.7 Å². The van der Waals surface area contributed by atoms with E-state index in [1.165, 1.54) is 5.56 Å². The highest BCUT2D eigenvalue weighted by atomic mass is 16.5. The Bertz CT molecular complexity index is 1740. The maximum atomic E-state index is 6.18. The van der Waals surface area contributed by atoms with E-state index in [1.54, 1.807) is 0 Å². The minimum Gasteiger partial charge on any atom is -0.493 e. The quantitative estimate of drug-likeness (QED) is 0.135. The number of nitrogens with zero attached hydrogens (tertiary/aromatic N) is 2. The normalized spacial score (nSPS) is 12.4. The Balaban J connectivity index is 1.03. The summed E-state index contributed by atoms with van der Waals surface area (Å²) in [5.74, 6) is 1.87. The number of fused-ring (bicyclic) bond motifs is 2. The number of hydrogen-bond donors (Lipinski definition) is 2. The molecule has 2 N–H and O–H groups in total. The van der Waals surface area contributed by atoms with E-state index in [-0.39, 0.29) is 0 Å². The molecule has 0 aliphatic heterocycles. The molecule has 6 heteroatoms. The highest BCUT2D eigenvalue weighted by molar-refractivity contribution is 5.92. The third-order valence-electron chi connectivity index (χ3n) is 7.84. The van der Waals surface area contributed by atoms with Gasteiger partial charge >= 0.3 is 0 Å². The van der Waals surface area contributed by atoms with Crippen molar-refractivity contribution in [1.29, 1.82) is 0 Å². The summed E-state index contributed by atoms with van der Waals surface area (Å²) in [5.41, 5.74) is 9.88. The Morgan fingerprint density at radius 2 is 1.30 bits per heavy atom. The summed E-state index contributed by atoms with van der Waals surface area (Å²) in [6.45, 7) is 7.00. The molecule has 1 aliphatic carbocycles. The zero-order valence-electron chi connectivity index (χ0n) is 25.6. The second kappa shape index (κ2) is 14.1. The molecule has 224 valence electrons. The summed E-state index contributed by atoms with van der Waals surface area (Å²) >= 11 is 0. The van der Waals surface area contributed by atoms with Crippen molar-refractivity contribution in [2.24, 2.45) is 0 Å². The van der Waals surface area contributed by atoms with Gasteiger partial charge in [0.25, 0.3) is 0 Å². The Morgan fingerprint density at radius 3 is 2.02 bits per heavy atom. The topological polar surface area (TPSA) is 68.3 Å². The van der Waals surface area contributed by atoms with Crippen LogP contribution in [0, 0.1) is 13.8 Å². The Labute approximate surface area is 260 Å². The lowest BCUT2D eigenvalue weighted by Crippen LogP contribution is -2.12. The van der Waals surface area contributed by atoms with Crippen molar-refractivity contribution in [3.8, 4) is 5.75 Å². The third kappa shape index (κ3) is 7.56. The molecule has 3 aromatic carbocycles. The Morgan fingerprint density at radius 1 is 0.659 bits per heavy atom. The second-order valence-corrected chi connectivity index (χ2v) is 11.4. The third-order valence-corrected chi connectivity index (χ3v) is 7.84. The smallest absolute Gasteiger partial charge is 0.120 e. The zero-order valence-corrected chi connectivity index (χ0v) is 25.6. The van der Waals surface area contributed by atoms with Crippen LogP contribution in [0.2, 0.25) is 0 Å². The van der Waals surface area contributed by atoms with Crippen LogP contribution in [-0.4, -0.2) is 23.1 Å². The minimum atomic E-state index is 0.541. The first-order valence-electron chi connectivity index (χ1n) is 15.5. The molecule has 0 saturated carbocycles. The number of aromatic nitrogens is 2. The van der Waals surface area contributed by atoms with Gasteiger partial charge in [0, 0.05) is 53.2 Å². The Kier molecular flexibility index (Phi) is 9.36. The van der Waals surface area contributed by atoms with Gasteiger partial charge in [-0.25, -0.2) is 0 Å². The number of ether oxygens (including phenoxy) is 2. The lowest BCUT2D eigenvalue weighted by molar-refractivity contribution is 0.191. The number of hydrogen-bond acceptors (Lipinski definition) is 6. The zero-order chi connectivity index (χ0) is 30.1. The first-order valence-corrected chi connectivity index (χ1v) is 15.5. The molecule has 0 spiro atoms. The molecule has 5 aromatic rings. The molecule has 2 heterocycles. The molecule has 6 rings (SSSR count). The van der Waals surface area contributed by atoms with Gasteiger partial charge in [0.1, 0.15) is 19.0 Å². The van der Waals surface area contributed by atoms with Gasteiger partial charge in [-0.2, -0.15) is 0 Å². The average molecular weight is 585 g/mol. The predicted octanol–water partition coefficient (Wildman–Crippen LogP) is 8.63. The van der Waals surface area contributed by atoms with Gasteiger partial charge in [-0.3, -0.25) is 9.97 Å². The van der Waals surface area contributed by atoms with E-state index in [1.807, 2.05) is 55.5 Å². The van der Waals surface area contributed by atoms with Crippen molar-refractivity contribution >= 4 is 28.4 Å². The number of anilines is 2. The molecule has 0 bridgehead atoms. The molecular formula is C38H40N4O2. The highest BCUT2D eigenvalue weighted by Gasteiger charge is 2.17. The average Bonchev–Trinajstić information content (AvgIpc) is 3.05. The molecule has 0 saturated heterocycles. The van der Waals surface area contributed by atoms with Crippen molar-refractivity contribution in [3.63, 3.8) is 0 Å². The second-order valence-electron chi connectivity index (χ2n) is 11.4. The number of rotatable bonds is 13. The molecule has 0 unspecified atom stereocenters. The van der Waals surface area contributed by atoms with Gasteiger partial charge in [-0.15, -0.1) is 0 Å². The molecule has 1 aliphatic rings. The van der Waals surface area contributed by atoms with E-state index in [0.29, 0.717) is 13.2 Å². The summed E-state index contributed by atoms with van der Waals surface area (Å²) in [4.78, 5) is 9.56. The van der Waals surface area contributed by atoms with Crippen LogP contribution in [0.5, 0.6) is 5.75 Å². The van der Waals surface area contributed by atoms with Crippen molar-refractivity contribution < 1.29 is 9.47 Å². The minimum absolute atomic E-state index is 0.541. The standard InChI is InChI=1S/C38H40N4O2/c1-27-21-37(33-23-31(15-17-35(33)41-27)43-25-29-11-5-3-6-12-29)39-19-9-10-20-40-38-22-28(2)42-36-18-16-32(24-34(36)38)44-26-30-13-7-4-8-14-30/h3-8,11-15,17,21-24H,9-10,16,18-20,25-26H2,1-2H3,(H,39,41)(H,40,42). The molecule has 2 aromatic heterocycles. The lowest BCUT2D eigenvalue weighted by atomic mass is 9.99. The fourth-order valence-corrected chi connectivity index (χ4v) is 5.59. The van der Waals surface area contributed by atoms with E-state index in [4.69, 9.17) is 19.4 Å². The number of pyridine rings is 2. The van der Waals surface area contributed by atoms with Gasteiger partial charge < -0.3 is 20.1 Å². The van der Waals surface area contributed by atoms with Crippen LogP contribution in [0.4, 0.5) is 11.4 Å². The number of unbranched alkanes of at least 4 members (excludes halogenated alkanes) is 1.